The predicted octanol–water partition coefficient (Wildman–Crippen LogP) is 2.66. The average molecular weight is 357 g/mol. The molecule has 0 spiro atoms. The minimum atomic E-state index is 0.113. The number of aromatic nitrogens is 2. The van der Waals surface area contributed by atoms with Crippen LogP contribution < -0.4 is 0 Å². The maximum Gasteiger partial charge on any atom is 0.223 e. The van der Waals surface area contributed by atoms with E-state index in [0.717, 1.165) is 31.4 Å². The Balaban J connectivity index is 1.53. The number of carbonyl (C=O) groups is 1. The third-order valence-corrected chi connectivity index (χ3v) is 4.91. The molecule has 6 heteroatoms. The number of aliphatic hydroxyl groups is 1. The standard InChI is InChI=1S/C20H27N3O3/c1-15-5-4-6-16(13-15)14-19-22-21-18(26-19)8-9-20(25)23-11-3-2-7-17(23)10-12-24/h4-6,13,17,24H,2-3,7-12,14H2,1H3. The molecule has 140 valence electrons. The van der Waals surface area contributed by atoms with E-state index >= 15 is 0 Å². The largest absolute Gasteiger partial charge is 0.425 e. The fourth-order valence-corrected chi connectivity index (χ4v) is 3.59. The van der Waals surface area contributed by atoms with E-state index in [4.69, 9.17) is 4.42 Å². The third kappa shape index (κ3) is 4.91. The molecule has 2 heterocycles. The van der Waals surface area contributed by atoms with Crippen LogP contribution in [0.4, 0.5) is 0 Å². The van der Waals surface area contributed by atoms with Gasteiger partial charge in [0.15, 0.2) is 0 Å². The molecule has 3 rings (SSSR count). The summed E-state index contributed by atoms with van der Waals surface area (Å²) in [7, 11) is 0. The number of likely N-dealkylation sites (tertiary alicyclic amines) is 1. The lowest BCUT2D eigenvalue weighted by Crippen LogP contribution is -2.44. The van der Waals surface area contributed by atoms with Crippen molar-refractivity contribution < 1.29 is 14.3 Å². The monoisotopic (exact) mass is 357 g/mol. The summed E-state index contributed by atoms with van der Waals surface area (Å²) < 4.78 is 5.71. The van der Waals surface area contributed by atoms with Gasteiger partial charge in [-0.2, -0.15) is 0 Å². The van der Waals surface area contributed by atoms with Crippen molar-refractivity contribution in [2.24, 2.45) is 0 Å². The van der Waals surface area contributed by atoms with Crippen LogP contribution >= 0.6 is 0 Å². The average Bonchev–Trinajstić information content (AvgIpc) is 3.08. The molecule has 1 aliphatic heterocycles. The highest BCUT2D eigenvalue weighted by atomic mass is 16.4. The van der Waals surface area contributed by atoms with Gasteiger partial charge in [0.2, 0.25) is 17.7 Å². The molecule has 0 radical (unpaired) electrons. The van der Waals surface area contributed by atoms with Crippen LogP contribution in [-0.2, 0) is 17.6 Å². The summed E-state index contributed by atoms with van der Waals surface area (Å²) in [6.45, 7) is 2.96. The first kappa shape index (κ1) is 18.6. The summed E-state index contributed by atoms with van der Waals surface area (Å²) in [6, 6.07) is 8.38. The first-order chi connectivity index (χ1) is 12.7. The Labute approximate surface area is 154 Å². The molecule has 1 amide bonds. The molecular formula is C20H27N3O3. The van der Waals surface area contributed by atoms with Crippen molar-refractivity contribution in [2.45, 2.75) is 57.9 Å². The maximum atomic E-state index is 12.5. The Bertz CT molecular complexity index is 727. The minimum absolute atomic E-state index is 0.113. The van der Waals surface area contributed by atoms with Crippen molar-refractivity contribution in [3.8, 4) is 0 Å². The molecule has 1 unspecified atom stereocenters. The smallest absolute Gasteiger partial charge is 0.223 e. The minimum Gasteiger partial charge on any atom is -0.425 e. The second kappa shape index (κ2) is 8.94. The Hall–Kier alpha value is -2.21. The van der Waals surface area contributed by atoms with Gasteiger partial charge in [-0.05, 0) is 38.2 Å². The molecule has 0 saturated carbocycles. The van der Waals surface area contributed by atoms with E-state index in [1.807, 2.05) is 17.0 Å². The van der Waals surface area contributed by atoms with Crippen LogP contribution in [0.5, 0.6) is 0 Å². The summed E-state index contributed by atoms with van der Waals surface area (Å²) in [4.78, 5) is 14.5. The Morgan fingerprint density at radius 2 is 2.15 bits per heavy atom. The predicted molar refractivity (Wildman–Crippen MR) is 97.7 cm³/mol. The second-order valence-corrected chi connectivity index (χ2v) is 7.00. The molecule has 0 aliphatic carbocycles. The zero-order valence-corrected chi connectivity index (χ0v) is 15.4. The lowest BCUT2D eigenvalue weighted by atomic mass is 9.99. The number of piperidine rings is 1. The van der Waals surface area contributed by atoms with Gasteiger partial charge in [0.05, 0.1) is 6.42 Å². The van der Waals surface area contributed by atoms with E-state index < -0.39 is 0 Å². The van der Waals surface area contributed by atoms with Gasteiger partial charge in [-0.15, -0.1) is 10.2 Å². The molecule has 6 nitrogen and oxygen atoms in total. The Morgan fingerprint density at radius 1 is 1.31 bits per heavy atom. The second-order valence-electron chi connectivity index (χ2n) is 7.00. The van der Waals surface area contributed by atoms with E-state index in [-0.39, 0.29) is 18.6 Å². The molecule has 1 aromatic carbocycles. The fourth-order valence-electron chi connectivity index (χ4n) is 3.59. The highest BCUT2D eigenvalue weighted by Crippen LogP contribution is 2.21. The van der Waals surface area contributed by atoms with Gasteiger partial charge in [-0.3, -0.25) is 4.79 Å². The Kier molecular flexibility index (Phi) is 6.39. The van der Waals surface area contributed by atoms with Crippen LogP contribution in [0.25, 0.3) is 0 Å². The normalized spacial score (nSPS) is 17.5. The fraction of sp³-hybridized carbons (Fsp3) is 0.550. The van der Waals surface area contributed by atoms with Crippen molar-refractivity contribution in [2.75, 3.05) is 13.2 Å². The van der Waals surface area contributed by atoms with Gasteiger partial charge < -0.3 is 14.4 Å². The highest BCUT2D eigenvalue weighted by molar-refractivity contribution is 5.76. The van der Waals surface area contributed by atoms with Crippen LogP contribution in [-0.4, -0.2) is 45.3 Å². The van der Waals surface area contributed by atoms with Gasteiger partial charge >= 0.3 is 0 Å². The summed E-state index contributed by atoms with van der Waals surface area (Å²) in [6.07, 6.45) is 5.24. The number of aryl methyl sites for hydroxylation is 2. The molecule has 1 saturated heterocycles. The zero-order valence-electron chi connectivity index (χ0n) is 15.4. The van der Waals surface area contributed by atoms with E-state index in [2.05, 4.69) is 29.3 Å². The van der Waals surface area contributed by atoms with Crippen LogP contribution in [0.2, 0.25) is 0 Å². The van der Waals surface area contributed by atoms with Gasteiger partial charge in [0.25, 0.3) is 0 Å². The summed E-state index contributed by atoms with van der Waals surface area (Å²) >= 11 is 0. The number of rotatable bonds is 7. The molecule has 1 aliphatic rings. The van der Waals surface area contributed by atoms with Crippen LogP contribution in [0, 0.1) is 6.92 Å². The first-order valence-electron chi connectivity index (χ1n) is 9.43. The van der Waals surface area contributed by atoms with Crippen molar-refractivity contribution in [3.05, 3.63) is 47.2 Å². The summed E-state index contributed by atoms with van der Waals surface area (Å²) in [5.41, 5.74) is 2.34. The zero-order chi connectivity index (χ0) is 18.4. The molecule has 26 heavy (non-hydrogen) atoms. The van der Waals surface area contributed by atoms with E-state index in [0.29, 0.717) is 37.5 Å². The molecule has 1 fully saturated rings. The number of nitrogens with zero attached hydrogens (tertiary/aromatic N) is 3. The third-order valence-electron chi connectivity index (χ3n) is 4.91. The topological polar surface area (TPSA) is 79.5 Å². The summed E-state index contributed by atoms with van der Waals surface area (Å²) in [5, 5.41) is 17.4. The van der Waals surface area contributed by atoms with Gasteiger partial charge in [0.1, 0.15) is 0 Å². The molecule has 2 aromatic rings. The van der Waals surface area contributed by atoms with Crippen molar-refractivity contribution >= 4 is 5.91 Å². The summed E-state index contributed by atoms with van der Waals surface area (Å²) in [5.74, 6) is 1.20. The Morgan fingerprint density at radius 3 is 2.96 bits per heavy atom. The lowest BCUT2D eigenvalue weighted by Gasteiger charge is -2.35. The van der Waals surface area contributed by atoms with Gasteiger partial charge in [-0.25, -0.2) is 0 Å². The molecule has 1 atom stereocenters. The number of amides is 1. The molecular weight excluding hydrogens is 330 g/mol. The van der Waals surface area contributed by atoms with Crippen molar-refractivity contribution in [3.63, 3.8) is 0 Å². The molecule has 0 bridgehead atoms. The quantitative estimate of drug-likeness (QED) is 0.824. The first-order valence-corrected chi connectivity index (χ1v) is 9.43. The van der Waals surface area contributed by atoms with Crippen LogP contribution in [0.3, 0.4) is 0 Å². The highest BCUT2D eigenvalue weighted by Gasteiger charge is 2.26. The van der Waals surface area contributed by atoms with Crippen LogP contribution in [0.15, 0.2) is 28.7 Å². The van der Waals surface area contributed by atoms with E-state index in [9.17, 15) is 9.90 Å². The number of hydrogen-bond donors (Lipinski definition) is 1. The molecule has 1 N–H and O–H groups in total. The maximum absolute atomic E-state index is 12.5. The lowest BCUT2D eigenvalue weighted by molar-refractivity contribution is -0.135. The van der Waals surface area contributed by atoms with Crippen molar-refractivity contribution in [1.82, 2.24) is 15.1 Å². The number of benzene rings is 1. The number of hydrogen-bond acceptors (Lipinski definition) is 5. The SMILES string of the molecule is Cc1cccc(Cc2nnc(CCC(=O)N3CCCCC3CCO)o2)c1. The van der Waals surface area contributed by atoms with Gasteiger partial charge in [0, 0.05) is 32.0 Å². The number of carbonyl (C=O) groups excluding carboxylic acids is 1. The number of aliphatic hydroxyl groups excluding tert-OH is 1. The van der Waals surface area contributed by atoms with Crippen LogP contribution in [0.1, 0.15) is 55.0 Å². The van der Waals surface area contributed by atoms with E-state index in [1.165, 1.54) is 5.56 Å². The van der Waals surface area contributed by atoms with E-state index in [1.54, 1.807) is 0 Å². The van der Waals surface area contributed by atoms with Gasteiger partial charge in [-0.1, -0.05) is 29.8 Å². The van der Waals surface area contributed by atoms with Crippen molar-refractivity contribution in [1.29, 1.82) is 0 Å². The molecule has 1 aromatic heterocycles.